The second kappa shape index (κ2) is 7.85. The van der Waals surface area contributed by atoms with E-state index in [9.17, 15) is 14.5 Å². The molecule has 138 valence electrons. The van der Waals surface area contributed by atoms with Crippen LogP contribution in [0.4, 0.5) is 21.6 Å². The highest BCUT2D eigenvalue weighted by Gasteiger charge is 2.26. The van der Waals surface area contributed by atoms with Crippen LogP contribution in [0.5, 0.6) is 11.6 Å². The zero-order chi connectivity index (χ0) is 19.6. The Kier molecular flexibility index (Phi) is 5.52. The van der Waals surface area contributed by atoms with E-state index in [4.69, 9.17) is 16.3 Å². The van der Waals surface area contributed by atoms with Crippen molar-refractivity contribution in [3.63, 3.8) is 0 Å². The molecule has 0 aliphatic carbocycles. The van der Waals surface area contributed by atoms with Crippen LogP contribution in [0.1, 0.15) is 5.56 Å². The molecule has 0 fully saturated rings. The van der Waals surface area contributed by atoms with Crippen molar-refractivity contribution in [2.45, 2.75) is 6.92 Å². The lowest BCUT2D eigenvalue weighted by Crippen LogP contribution is -2.04. The van der Waals surface area contributed by atoms with Crippen molar-refractivity contribution in [1.82, 2.24) is 9.97 Å². The van der Waals surface area contributed by atoms with Crippen LogP contribution in [0.25, 0.3) is 0 Å². The van der Waals surface area contributed by atoms with Gasteiger partial charge in [-0.25, -0.2) is 9.37 Å². The van der Waals surface area contributed by atoms with Crippen molar-refractivity contribution >= 4 is 44.7 Å². The fraction of sp³-hybridized carbons (Fsp3) is 0.0588. The molecule has 0 aliphatic heterocycles. The van der Waals surface area contributed by atoms with Gasteiger partial charge in [-0.1, -0.05) is 27.5 Å². The Morgan fingerprint density at radius 1 is 1.26 bits per heavy atom. The molecule has 10 heteroatoms. The van der Waals surface area contributed by atoms with Gasteiger partial charge in [0, 0.05) is 9.50 Å². The average molecular weight is 454 g/mol. The van der Waals surface area contributed by atoms with E-state index in [0.29, 0.717) is 15.2 Å². The van der Waals surface area contributed by atoms with Crippen LogP contribution >= 0.6 is 27.5 Å². The summed E-state index contributed by atoms with van der Waals surface area (Å²) in [5.74, 6) is -0.763. The Labute approximate surface area is 166 Å². The van der Waals surface area contributed by atoms with Gasteiger partial charge in [-0.2, -0.15) is 4.98 Å². The molecular formula is C17H11BrClFN4O3. The van der Waals surface area contributed by atoms with E-state index in [2.05, 4.69) is 31.2 Å². The molecule has 3 rings (SSSR count). The van der Waals surface area contributed by atoms with Gasteiger partial charge in [-0.05, 0) is 48.9 Å². The summed E-state index contributed by atoms with van der Waals surface area (Å²) in [5, 5.41) is 14.7. The average Bonchev–Trinajstić information content (AvgIpc) is 2.60. The third-order valence-corrected chi connectivity index (χ3v) is 4.42. The van der Waals surface area contributed by atoms with Crippen LogP contribution in [-0.2, 0) is 0 Å². The molecule has 0 saturated heterocycles. The van der Waals surface area contributed by atoms with Crippen LogP contribution in [0, 0.1) is 22.9 Å². The lowest BCUT2D eigenvalue weighted by molar-refractivity contribution is -0.385. The van der Waals surface area contributed by atoms with Gasteiger partial charge < -0.3 is 10.1 Å². The maximum absolute atomic E-state index is 14.0. The smallest absolute Gasteiger partial charge is 0.373 e. The molecule has 1 heterocycles. The first-order valence-corrected chi connectivity index (χ1v) is 8.67. The Bertz CT molecular complexity index is 1040. The number of nitrogens with one attached hydrogen (secondary N) is 1. The summed E-state index contributed by atoms with van der Waals surface area (Å²) in [4.78, 5) is 18.6. The minimum Gasteiger partial charge on any atom is -0.434 e. The van der Waals surface area contributed by atoms with E-state index in [-0.39, 0.29) is 17.4 Å². The minimum absolute atomic E-state index is 0.0216. The molecule has 7 nitrogen and oxygen atoms in total. The van der Waals surface area contributed by atoms with Gasteiger partial charge in [0.15, 0.2) is 0 Å². The second-order valence-corrected chi connectivity index (χ2v) is 6.72. The number of benzene rings is 2. The van der Waals surface area contributed by atoms with Gasteiger partial charge in [-0.15, -0.1) is 0 Å². The van der Waals surface area contributed by atoms with Crippen molar-refractivity contribution in [3.05, 3.63) is 73.7 Å². The Morgan fingerprint density at radius 2 is 2.04 bits per heavy atom. The van der Waals surface area contributed by atoms with Crippen molar-refractivity contribution in [1.29, 1.82) is 0 Å². The summed E-state index contributed by atoms with van der Waals surface area (Å²) in [7, 11) is 0. The number of hydrogen-bond acceptors (Lipinski definition) is 6. The number of hydrogen-bond donors (Lipinski definition) is 1. The lowest BCUT2D eigenvalue weighted by Gasteiger charge is -2.10. The fourth-order valence-corrected chi connectivity index (χ4v) is 2.65. The van der Waals surface area contributed by atoms with Crippen LogP contribution in [-0.4, -0.2) is 14.9 Å². The molecule has 1 aromatic heterocycles. The molecule has 0 atom stereocenters. The SMILES string of the molecule is Cc1cc(Oc2ncnc(Nc3ccc(Br)cc3F)c2[N+](=O)[O-])ccc1Cl. The highest BCUT2D eigenvalue weighted by atomic mass is 79.9. The molecule has 1 N–H and O–H groups in total. The first-order chi connectivity index (χ1) is 12.8. The van der Waals surface area contributed by atoms with Crippen molar-refractivity contribution in [2.75, 3.05) is 5.32 Å². The molecule has 0 unspecified atom stereocenters. The second-order valence-electron chi connectivity index (χ2n) is 5.40. The number of ether oxygens (including phenoxy) is 1. The molecule has 0 aliphatic rings. The van der Waals surface area contributed by atoms with Gasteiger partial charge in [0.25, 0.3) is 0 Å². The van der Waals surface area contributed by atoms with E-state index < -0.39 is 16.4 Å². The maximum atomic E-state index is 14.0. The number of aryl methyl sites for hydroxylation is 1. The van der Waals surface area contributed by atoms with Gasteiger partial charge in [0.2, 0.25) is 5.82 Å². The number of halogens is 3. The van der Waals surface area contributed by atoms with Crippen molar-refractivity contribution in [2.24, 2.45) is 0 Å². The number of nitro groups is 1. The van der Waals surface area contributed by atoms with Gasteiger partial charge in [0.05, 0.1) is 10.6 Å². The quantitative estimate of drug-likeness (QED) is 0.389. The number of nitrogens with zero attached hydrogens (tertiary/aromatic N) is 3. The highest BCUT2D eigenvalue weighted by molar-refractivity contribution is 9.10. The number of aromatic nitrogens is 2. The summed E-state index contributed by atoms with van der Waals surface area (Å²) in [6, 6.07) is 9.03. The highest BCUT2D eigenvalue weighted by Crippen LogP contribution is 2.36. The van der Waals surface area contributed by atoms with Gasteiger partial charge in [0.1, 0.15) is 17.9 Å². The van der Waals surface area contributed by atoms with Crippen molar-refractivity contribution < 1.29 is 14.1 Å². The first-order valence-electron chi connectivity index (χ1n) is 7.50. The summed E-state index contributed by atoms with van der Waals surface area (Å²) in [5.41, 5.74) is 0.238. The Balaban J connectivity index is 1.99. The summed E-state index contributed by atoms with van der Waals surface area (Å²) < 4.78 is 20.1. The molecule has 2 aromatic carbocycles. The fourth-order valence-electron chi connectivity index (χ4n) is 2.20. The van der Waals surface area contributed by atoms with E-state index in [0.717, 1.165) is 11.9 Å². The first kappa shape index (κ1) is 19.0. The third kappa shape index (κ3) is 4.32. The number of rotatable bonds is 5. The van der Waals surface area contributed by atoms with Crippen LogP contribution in [0.2, 0.25) is 5.02 Å². The summed E-state index contributed by atoms with van der Waals surface area (Å²) >= 11 is 9.12. The largest absolute Gasteiger partial charge is 0.434 e. The van der Waals surface area contributed by atoms with Gasteiger partial charge in [-0.3, -0.25) is 10.1 Å². The number of anilines is 2. The predicted octanol–water partition coefficient (Wildman–Crippen LogP) is 5.78. The molecule has 0 radical (unpaired) electrons. The minimum atomic E-state index is -0.697. The Hall–Kier alpha value is -2.78. The normalized spacial score (nSPS) is 10.5. The maximum Gasteiger partial charge on any atom is 0.373 e. The lowest BCUT2D eigenvalue weighted by atomic mass is 10.2. The molecule has 0 saturated carbocycles. The molecule has 0 bridgehead atoms. The van der Waals surface area contributed by atoms with E-state index >= 15 is 0 Å². The predicted molar refractivity (Wildman–Crippen MR) is 102 cm³/mol. The van der Waals surface area contributed by atoms with E-state index in [1.807, 2.05) is 0 Å². The monoisotopic (exact) mass is 452 g/mol. The van der Waals surface area contributed by atoms with Crippen LogP contribution in [0.15, 0.2) is 47.2 Å². The third-order valence-electron chi connectivity index (χ3n) is 3.50. The van der Waals surface area contributed by atoms with Crippen LogP contribution in [0.3, 0.4) is 0 Å². The molecule has 0 spiro atoms. The molecule has 0 amide bonds. The zero-order valence-electron chi connectivity index (χ0n) is 13.7. The summed E-state index contributed by atoms with van der Waals surface area (Å²) in [6.07, 6.45) is 1.09. The topological polar surface area (TPSA) is 90.2 Å². The standard InChI is InChI=1S/C17H11BrClFN4O3/c1-9-6-11(3-4-12(9)19)27-17-15(24(25)26)16(21-8-22-17)23-14-5-2-10(18)7-13(14)20/h2-8H,1H3,(H,21,22,23). The van der Waals surface area contributed by atoms with E-state index in [1.165, 1.54) is 12.1 Å². The van der Waals surface area contributed by atoms with E-state index in [1.54, 1.807) is 31.2 Å². The summed E-state index contributed by atoms with van der Waals surface area (Å²) in [6.45, 7) is 1.77. The van der Waals surface area contributed by atoms with Crippen LogP contribution < -0.4 is 10.1 Å². The van der Waals surface area contributed by atoms with Crippen molar-refractivity contribution in [3.8, 4) is 11.6 Å². The molecular weight excluding hydrogens is 443 g/mol. The molecule has 3 aromatic rings. The zero-order valence-corrected chi connectivity index (χ0v) is 16.1. The van der Waals surface area contributed by atoms with Gasteiger partial charge >= 0.3 is 11.6 Å². The Morgan fingerprint density at radius 3 is 2.70 bits per heavy atom. The molecule has 27 heavy (non-hydrogen) atoms.